The summed E-state index contributed by atoms with van der Waals surface area (Å²) < 4.78 is 5.47. The molecule has 76 valence electrons. The van der Waals surface area contributed by atoms with Crippen molar-refractivity contribution in [3.63, 3.8) is 0 Å². The molecule has 14 heavy (non-hydrogen) atoms. The monoisotopic (exact) mass is 191 g/mol. The standard InChI is InChI=1S/C12H17NO/c1-2-9(8-13)10-3-4-12-11(7-10)5-6-14-12/h3-4,7,9H,2,5-6,8,13H2,1H3. The molecule has 1 aromatic carbocycles. The summed E-state index contributed by atoms with van der Waals surface area (Å²) >= 11 is 0. The van der Waals surface area contributed by atoms with E-state index in [2.05, 4.69) is 25.1 Å². The van der Waals surface area contributed by atoms with Crippen molar-refractivity contribution in [2.75, 3.05) is 13.2 Å². The zero-order valence-electron chi connectivity index (χ0n) is 8.62. The van der Waals surface area contributed by atoms with Crippen molar-refractivity contribution in [2.45, 2.75) is 25.7 Å². The Morgan fingerprint density at radius 3 is 3.07 bits per heavy atom. The number of hydrogen-bond acceptors (Lipinski definition) is 2. The van der Waals surface area contributed by atoms with Gasteiger partial charge in [-0.15, -0.1) is 0 Å². The van der Waals surface area contributed by atoms with Gasteiger partial charge in [0.2, 0.25) is 0 Å². The molecule has 1 heterocycles. The summed E-state index contributed by atoms with van der Waals surface area (Å²) in [4.78, 5) is 0. The van der Waals surface area contributed by atoms with Gasteiger partial charge in [0.25, 0.3) is 0 Å². The van der Waals surface area contributed by atoms with Crippen molar-refractivity contribution < 1.29 is 4.74 Å². The molecule has 1 aliphatic heterocycles. The molecule has 0 aliphatic carbocycles. The van der Waals surface area contributed by atoms with Crippen LogP contribution >= 0.6 is 0 Å². The van der Waals surface area contributed by atoms with Crippen LogP contribution in [-0.2, 0) is 6.42 Å². The van der Waals surface area contributed by atoms with E-state index in [1.165, 1.54) is 11.1 Å². The first-order valence-electron chi connectivity index (χ1n) is 5.30. The number of fused-ring (bicyclic) bond motifs is 1. The Morgan fingerprint density at radius 1 is 1.50 bits per heavy atom. The second-order valence-corrected chi connectivity index (χ2v) is 3.81. The molecule has 0 saturated heterocycles. The third-order valence-corrected chi connectivity index (χ3v) is 2.96. The molecule has 1 atom stereocenters. The van der Waals surface area contributed by atoms with Crippen LogP contribution in [0.25, 0.3) is 0 Å². The topological polar surface area (TPSA) is 35.2 Å². The Labute approximate surface area is 85.1 Å². The van der Waals surface area contributed by atoms with Gasteiger partial charge in [-0.3, -0.25) is 0 Å². The maximum absolute atomic E-state index is 5.73. The first-order valence-corrected chi connectivity index (χ1v) is 5.30. The van der Waals surface area contributed by atoms with Crippen LogP contribution in [-0.4, -0.2) is 13.2 Å². The largest absolute Gasteiger partial charge is 0.493 e. The fourth-order valence-corrected chi connectivity index (χ4v) is 2.00. The van der Waals surface area contributed by atoms with Crippen LogP contribution in [0, 0.1) is 0 Å². The van der Waals surface area contributed by atoms with E-state index in [0.29, 0.717) is 5.92 Å². The van der Waals surface area contributed by atoms with Crippen molar-refractivity contribution in [3.05, 3.63) is 29.3 Å². The fraction of sp³-hybridized carbons (Fsp3) is 0.500. The number of ether oxygens (including phenoxy) is 1. The van der Waals surface area contributed by atoms with Gasteiger partial charge in [-0.2, -0.15) is 0 Å². The van der Waals surface area contributed by atoms with E-state index in [1.807, 2.05) is 0 Å². The summed E-state index contributed by atoms with van der Waals surface area (Å²) in [6, 6.07) is 6.48. The Bertz CT molecular complexity index is 318. The summed E-state index contributed by atoms with van der Waals surface area (Å²) in [6.45, 7) is 3.75. The van der Waals surface area contributed by atoms with Crippen molar-refractivity contribution in [1.82, 2.24) is 0 Å². The Morgan fingerprint density at radius 2 is 2.36 bits per heavy atom. The molecule has 2 rings (SSSR count). The molecule has 2 N–H and O–H groups in total. The molecule has 0 aromatic heterocycles. The molecule has 1 aromatic rings. The lowest BCUT2D eigenvalue weighted by Crippen LogP contribution is -2.11. The zero-order chi connectivity index (χ0) is 9.97. The minimum Gasteiger partial charge on any atom is -0.493 e. The SMILES string of the molecule is CCC(CN)c1ccc2c(c1)CCO2. The van der Waals surface area contributed by atoms with E-state index in [4.69, 9.17) is 10.5 Å². The van der Waals surface area contributed by atoms with Gasteiger partial charge >= 0.3 is 0 Å². The third kappa shape index (κ3) is 1.62. The minimum atomic E-state index is 0.501. The minimum absolute atomic E-state index is 0.501. The van der Waals surface area contributed by atoms with Crippen molar-refractivity contribution in [1.29, 1.82) is 0 Å². The molecule has 1 unspecified atom stereocenters. The normalized spacial score (nSPS) is 16.1. The van der Waals surface area contributed by atoms with Gasteiger partial charge in [0.1, 0.15) is 5.75 Å². The molecule has 0 spiro atoms. The highest BCUT2D eigenvalue weighted by molar-refractivity contribution is 5.40. The molecule has 0 radical (unpaired) electrons. The van der Waals surface area contributed by atoms with Crippen molar-refractivity contribution >= 4 is 0 Å². The highest BCUT2D eigenvalue weighted by atomic mass is 16.5. The maximum atomic E-state index is 5.73. The summed E-state index contributed by atoms with van der Waals surface area (Å²) in [7, 11) is 0. The highest BCUT2D eigenvalue weighted by Gasteiger charge is 2.14. The lowest BCUT2D eigenvalue weighted by Gasteiger charge is -2.13. The Balaban J connectivity index is 2.27. The number of benzene rings is 1. The maximum Gasteiger partial charge on any atom is 0.122 e. The highest BCUT2D eigenvalue weighted by Crippen LogP contribution is 2.29. The number of nitrogens with two attached hydrogens (primary N) is 1. The molecule has 2 nitrogen and oxygen atoms in total. The van der Waals surface area contributed by atoms with E-state index in [0.717, 1.165) is 31.7 Å². The molecule has 0 bridgehead atoms. The summed E-state index contributed by atoms with van der Waals surface area (Å²) in [6.07, 6.45) is 2.15. The molecule has 0 amide bonds. The lowest BCUT2D eigenvalue weighted by atomic mass is 9.94. The van der Waals surface area contributed by atoms with Gasteiger partial charge in [0.15, 0.2) is 0 Å². The smallest absolute Gasteiger partial charge is 0.122 e. The van der Waals surface area contributed by atoms with Gasteiger partial charge in [0.05, 0.1) is 6.61 Å². The second kappa shape index (κ2) is 4.01. The number of hydrogen-bond donors (Lipinski definition) is 1. The van der Waals surface area contributed by atoms with Gasteiger partial charge in [0, 0.05) is 6.42 Å². The van der Waals surface area contributed by atoms with Gasteiger partial charge in [-0.1, -0.05) is 19.1 Å². The van der Waals surface area contributed by atoms with Crippen LogP contribution in [0.3, 0.4) is 0 Å². The second-order valence-electron chi connectivity index (χ2n) is 3.81. The van der Waals surface area contributed by atoms with Gasteiger partial charge < -0.3 is 10.5 Å². The molecule has 2 heteroatoms. The van der Waals surface area contributed by atoms with Crippen LogP contribution < -0.4 is 10.5 Å². The molecule has 0 fully saturated rings. The van der Waals surface area contributed by atoms with Crippen LogP contribution in [0.4, 0.5) is 0 Å². The predicted octanol–water partition coefficient (Wildman–Crippen LogP) is 2.07. The van der Waals surface area contributed by atoms with E-state index in [9.17, 15) is 0 Å². The van der Waals surface area contributed by atoms with E-state index >= 15 is 0 Å². The molecular weight excluding hydrogens is 174 g/mol. The Hall–Kier alpha value is -1.02. The quantitative estimate of drug-likeness (QED) is 0.793. The first-order chi connectivity index (χ1) is 6.85. The summed E-state index contributed by atoms with van der Waals surface area (Å²) in [5, 5.41) is 0. The van der Waals surface area contributed by atoms with E-state index in [-0.39, 0.29) is 0 Å². The average Bonchev–Trinajstić information content (AvgIpc) is 2.66. The first kappa shape index (κ1) is 9.53. The zero-order valence-corrected chi connectivity index (χ0v) is 8.62. The van der Waals surface area contributed by atoms with Crippen LogP contribution in [0.1, 0.15) is 30.4 Å². The van der Waals surface area contributed by atoms with Crippen molar-refractivity contribution in [3.8, 4) is 5.75 Å². The van der Waals surface area contributed by atoms with Crippen LogP contribution in [0.5, 0.6) is 5.75 Å². The predicted molar refractivity (Wildman–Crippen MR) is 57.7 cm³/mol. The lowest BCUT2D eigenvalue weighted by molar-refractivity contribution is 0.357. The van der Waals surface area contributed by atoms with E-state index in [1.54, 1.807) is 0 Å². The number of rotatable bonds is 3. The van der Waals surface area contributed by atoms with Gasteiger partial charge in [-0.25, -0.2) is 0 Å². The molecule has 1 aliphatic rings. The molecule has 0 saturated carbocycles. The molecular formula is C12H17NO. The van der Waals surface area contributed by atoms with E-state index < -0.39 is 0 Å². The van der Waals surface area contributed by atoms with Crippen LogP contribution in [0.2, 0.25) is 0 Å². The third-order valence-electron chi connectivity index (χ3n) is 2.96. The average molecular weight is 191 g/mol. The summed E-state index contributed by atoms with van der Waals surface area (Å²) in [5.74, 6) is 1.56. The summed E-state index contributed by atoms with van der Waals surface area (Å²) in [5.41, 5.74) is 8.43. The van der Waals surface area contributed by atoms with Gasteiger partial charge in [-0.05, 0) is 36.1 Å². The Kier molecular flexibility index (Phi) is 2.73. The van der Waals surface area contributed by atoms with Crippen molar-refractivity contribution in [2.24, 2.45) is 5.73 Å². The fourth-order valence-electron chi connectivity index (χ4n) is 2.00. The van der Waals surface area contributed by atoms with Crippen LogP contribution in [0.15, 0.2) is 18.2 Å².